The molecule has 1 saturated carbocycles. The van der Waals surface area contributed by atoms with Crippen molar-refractivity contribution in [1.82, 2.24) is 4.90 Å². The average Bonchev–Trinajstić information content (AvgIpc) is 3.26. The van der Waals surface area contributed by atoms with Gasteiger partial charge in [-0.1, -0.05) is 31.0 Å². The van der Waals surface area contributed by atoms with Crippen molar-refractivity contribution in [2.45, 2.75) is 50.9 Å². The summed E-state index contributed by atoms with van der Waals surface area (Å²) in [4.78, 5) is 15.9. The maximum absolute atomic E-state index is 12.8. The molecule has 1 aliphatic carbocycles. The zero-order valence-electron chi connectivity index (χ0n) is 13.8. The summed E-state index contributed by atoms with van der Waals surface area (Å²) in [6.07, 6.45) is 0.0458. The van der Waals surface area contributed by atoms with Crippen LogP contribution in [0.25, 0.3) is 0 Å². The smallest absolute Gasteiger partial charge is 0.334 e. The van der Waals surface area contributed by atoms with Crippen LogP contribution in [0, 0.1) is 0 Å². The van der Waals surface area contributed by atoms with E-state index in [-0.39, 0.29) is 18.4 Å². The Bertz CT molecular complexity index is 688. The number of halogens is 3. The summed E-state index contributed by atoms with van der Waals surface area (Å²) >= 11 is 1.62. The van der Waals surface area contributed by atoms with Gasteiger partial charge in [-0.05, 0) is 42.0 Å². The zero-order chi connectivity index (χ0) is 17.9. The molecule has 2 aromatic rings. The van der Waals surface area contributed by atoms with E-state index in [0.29, 0.717) is 12.1 Å². The third kappa shape index (κ3) is 4.63. The van der Waals surface area contributed by atoms with Crippen LogP contribution >= 0.6 is 11.3 Å². The molecule has 6 heteroatoms. The highest BCUT2D eigenvalue weighted by Gasteiger charge is 2.30. The molecular weight excluding hydrogens is 347 g/mol. The van der Waals surface area contributed by atoms with Gasteiger partial charge in [-0.25, -0.2) is 0 Å². The molecule has 0 saturated heterocycles. The van der Waals surface area contributed by atoms with E-state index in [1.807, 2.05) is 22.4 Å². The first kappa shape index (κ1) is 18.0. The van der Waals surface area contributed by atoms with Gasteiger partial charge in [-0.2, -0.15) is 13.2 Å². The van der Waals surface area contributed by atoms with Crippen LogP contribution in [0.5, 0.6) is 0 Å². The van der Waals surface area contributed by atoms with E-state index >= 15 is 0 Å². The number of carbonyl (C=O) groups excluding carboxylic acids is 1. The Morgan fingerprint density at radius 1 is 1.12 bits per heavy atom. The van der Waals surface area contributed by atoms with Crippen LogP contribution in [-0.2, 0) is 23.9 Å². The summed E-state index contributed by atoms with van der Waals surface area (Å²) in [5.74, 6) is -0.0138. The Kier molecular flexibility index (Phi) is 5.47. The molecule has 0 bridgehead atoms. The lowest BCUT2D eigenvalue weighted by atomic mass is 10.1. The molecule has 0 aliphatic heterocycles. The SMILES string of the molecule is O=C(Cc1ccc(C(F)(F)F)cc1)N(Cc1cccs1)C1CCCC1. The van der Waals surface area contributed by atoms with Crippen LogP contribution in [0.1, 0.15) is 41.7 Å². The molecule has 1 aromatic carbocycles. The highest BCUT2D eigenvalue weighted by Crippen LogP contribution is 2.30. The van der Waals surface area contributed by atoms with Gasteiger partial charge in [0.15, 0.2) is 0 Å². The summed E-state index contributed by atoms with van der Waals surface area (Å²) in [7, 11) is 0. The number of thiophene rings is 1. The largest absolute Gasteiger partial charge is 0.416 e. The zero-order valence-corrected chi connectivity index (χ0v) is 14.6. The van der Waals surface area contributed by atoms with E-state index < -0.39 is 11.7 Å². The summed E-state index contributed by atoms with van der Waals surface area (Å²) in [5, 5.41) is 1.99. The first-order chi connectivity index (χ1) is 11.9. The maximum Gasteiger partial charge on any atom is 0.416 e. The fourth-order valence-corrected chi connectivity index (χ4v) is 4.00. The number of carbonyl (C=O) groups is 1. The molecule has 1 amide bonds. The Labute approximate surface area is 149 Å². The minimum Gasteiger partial charge on any atom is -0.334 e. The van der Waals surface area contributed by atoms with Crippen molar-refractivity contribution >= 4 is 17.2 Å². The van der Waals surface area contributed by atoms with Gasteiger partial charge in [0, 0.05) is 10.9 Å². The van der Waals surface area contributed by atoms with Crippen LogP contribution in [0.3, 0.4) is 0 Å². The monoisotopic (exact) mass is 367 g/mol. The van der Waals surface area contributed by atoms with Gasteiger partial charge in [-0.3, -0.25) is 4.79 Å². The minimum absolute atomic E-state index is 0.0138. The van der Waals surface area contributed by atoms with E-state index in [2.05, 4.69) is 0 Å². The van der Waals surface area contributed by atoms with Crippen LogP contribution < -0.4 is 0 Å². The molecule has 0 radical (unpaired) electrons. The highest BCUT2D eigenvalue weighted by molar-refractivity contribution is 7.09. The number of alkyl halides is 3. The predicted molar refractivity (Wildman–Crippen MR) is 92.3 cm³/mol. The Morgan fingerprint density at radius 2 is 1.80 bits per heavy atom. The van der Waals surface area contributed by atoms with Gasteiger partial charge < -0.3 is 4.90 Å². The van der Waals surface area contributed by atoms with Gasteiger partial charge in [0.2, 0.25) is 5.91 Å². The van der Waals surface area contributed by atoms with E-state index in [1.54, 1.807) is 11.3 Å². The van der Waals surface area contributed by atoms with Crippen molar-refractivity contribution in [3.8, 4) is 0 Å². The number of nitrogens with zero attached hydrogens (tertiary/aromatic N) is 1. The summed E-state index contributed by atoms with van der Waals surface area (Å²) in [6, 6.07) is 9.11. The van der Waals surface area contributed by atoms with Gasteiger partial charge in [0.05, 0.1) is 18.5 Å². The molecule has 2 nitrogen and oxygen atoms in total. The lowest BCUT2D eigenvalue weighted by Gasteiger charge is -2.29. The fourth-order valence-electron chi connectivity index (χ4n) is 3.30. The summed E-state index contributed by atoms with van der Waals surface area (Å²) in [6.45, 7) is 0.585. The molecular formula is C19H20F3NOS. The van der Waals surface area contributed by atoms with Crippen LogP contribution in [0.4, 0.5) is 13.2 Å². The first-order valence-electron chi connectivity index (χ1n) is 8.41. The summed E-state index contributed by atoms with van der Waals surface area (Å²) < 4.78 is 38.0. The van der Waals surface area contributed by atoms with Crippen molar-refractivity contribution in [2.75, 3.05) is 0 Å². The molecule has 1 aliphatic rings. The van der Waals surface area contributed by atoms with Crippen LogP contribution in [0.15, 0.2) is 41.8 Å². The lowest BCUT2D eigenvalue weighted by Crippen LogP contribution is -2.39. The van der Waals surface area contributed by atoms with Crippen molar-refractivity contribution in [1.29, 1.82) is 0 Å². The number of benzene rings is 1. The number of hydrogen-bond acceptors (Lipinski definition) is 2. The highest BCUT2D eigenvalue weighted by atomic mass is 32.1. The normalized spacial score (nSPS) is 15.5. The molecule has 3 rings (SSSR count). The first-order valence-corrected chi connectivity index (χ1v) is 9.29. The third-order valence-electron chi connectivity index (χ3n) is 4.63. The Hall–Kier alpha value is -1.82. The Morgan fingerprint density at radius 3 is 2.36 bits per heavy atom. The molecule has 0 unspecified atom stereocenters. The predicted octanol–water partition coefficient (Wildman–Crippen LogP) is 5.28. The van der Waals surface area contributed by atoms with Crippen molar-refractivity contribution in [3.63, 3.8) is 0 Å². The molecule has 25 heavy (non-hydrogen) atoms. The maximum atomic E-state index is 12.8. The summed E-state index contributed by atoms with van der Waals surface area (Å²) in [5.41, 5.74) is -0.0675. The molecule has 0 N–H and O–H groups in total. The second-order valence-corrected chi connectivity index (χ2v) is 7.44. The number of hydrogen-bond donors (Lipinski definition) is 0. The van der Waals surface area contributed by atoms with Crippen LogP contribution in [-0.4, -0.2) is 16.8 Å². The number of amides is 1. The van der Waals surface area contributed by atoms with Crippen molar-refractivity contribution in [2.24, 2.45) is 0 Å². The molecule has 134 valence electrons. The molecule has 1 heterocycles. The minimum atomic E-state index is -4.35. The van der Waals surface area contributed by atoms with Gasteiger partial charge in [-0.15, -0.1) is 11.3 Å². The standard InChI is InChI=1S/C19H20F3NOS/c20-19(21,22)15-9-7-14(8-10-15)12-18(24)23(16-4-1-2-5-16)13-17-6-3-11-25-17/h3,6-11,16H,1-2,4-5,12-13H2. The topological polar surface area (TPSA) is 20.3 Å². The quantitative estimate of drug-likeness (QED) is 0.704. The third-order valence-corrected chi connectivity index (χ3v) is 5.49. The number of rotatable bonds is 5. The van der Waals surface area contributed by atoms with E-state index in [4.69, 9.17) is 0 Å². The fraction of sp³-hybridized carbons (Fsp3) is 0.421. The van der Waals surface area contributed by atoms with Crippen molar-refractivity contribution < 1.29 is 18.0 Å². The van der Waals surface area contributed by atoms with Crippen molar-refractivity contribution in [3.05, 3.63) is 57.8 Å². The molecule has 1 aromatic heterocycles. The second kappa shape index (κ2) is 7.60. The van der Waals surface area contributed by atoms with Crippen LogP contribution in [0.2, 0.25) is 0 Å². The lowest BCUT2D eigenvalue weighted by molar-refractivity contribution is -0.137. The molecule has 1 fully saturated rings. The van der Waals surface area contributed by atoms with Gasteiger partial charge in [0.25, 0.3) is 0 Å². The van der Waals surface area contributed by atoms with E-state index in [0.717, 1.165) is 42.7 Å². The van der Waals surface area contributed by atoms with E-state index in [9.17, 15) is 18.0 Å². The Balaban J connectivity index is 1.71. The molecule has 0 spiro atoms. The van der Waals surface area contributed by atoms with E-state index in [1.165, 1.54) is 12.1 Å². The second-order valence-electron chi connectivity index (χ2n) is 6.41. The van der Waals surface area contributed by atoms with Gasteiger partial charge in [0.1, 0.15) is 0 Å². The van der Waals surface area contributed by atoms with Gasteiger partial charge >= 0.3 is 6.18 Å². The average molecular weight is 367 g/mol. The molecule has 0 atom stereocenters.